The fourth-order valence-corrected chi connectivity index (χ4v) is 1.13. The number of nitrogens with zero attached hydrogens (tertiary/aromatic N) is 1. The van der Waals surface area contributed by atoms with E-state index in [9.17, 15) is 14.4 Å². The summed E-state index contributed by atoms with van der Waals surface area (Å²) in [4.78, 5) is 35.7. The van der Waals surface area contributed by atoms with Crippen molar-refractivity contribution in [2.24, 2.45) is 0 Å². The van der Waals surface area contributed by atoms with Crippen molar-refractivity contribution in [1.82, 2.24) is 10.2 Å². The van der Waals surface area contributed by atoms with Crippen molar-refractivity contribution < 1.29 is 23.9 Å². The number of amides is 2. The predicted octanol–water partition coefficient (Wildman–Crippen LogP) is 0.141. The molecule has 2 amide bonds. The molecule has 0 saturated carbocycles. The summed E-state index contributed by atoms with van der Waals surface area (Å²) in [6, 6.07) is -1.37. The highest BCUT2D eigenvalue weighted by molar-refractivity contribution is 6.03. The fourth-order valence-electron chi connectivity index (χ4n) is 1.13. The molecule has 104 valence electrons. The number of esters is 1. The summed E-state index contributed by atoms with van der Waals surface area (Å²) in [6.45, 7) is 5.06. The number of hydrogen-bond donors (Lipinski definition) is 1. The van der Waals surface area contributed by atoms with E-state index in [-0.39, 0.29) is 0 Å². The van der Waals surface area contributed by atoms with Crippen LogP contribution < -0.4 is 5.32 Å². The Bertz CT molecular complexity index is 319. The van der Waals surface area contributed by atoms with Gasteiger partial charge in [0, 0.05) is 14.1 Å². The summed E-state index contributed by atoms with van der Waals surface area (Å²) >= 11 is 0. The quantitative estimate of drug-likeness (QED) is 0.576. The highest BCUT2D eigenvalue weighted by Crippen LogP contribution is 2.11. The Balaban J connectivity index is 4.97. The van der Waals surface area contributed by atoms with Crippen LogP contribution in [0.1, 0.15) is 20.8 Å². The molecule has 0 unspecified atom stereocenters. The Labute approximate surface area is 106 Å². The molecule has 18 heavy (non-hydrogen) atoms. The third kappa shape index (κ3) is 4.60. The van der Waals surface area contributed by atoms with Crippen molar-refractivity contribution in [1.29, 1.82) is 0 Å². The van der Waals surface area contributed by atoms with Gasteiger partial charge in [-0.1, -0.05) is 0 Å². The number of carbonyl (C=O) groups excluding carboxylic acids is 3. The second-order valence-electron chi connectivity index (χ2n) is 4.63. The summed E-state index contributed by atoms with van der Waals surface area (Å²) in [5.41, 5.74) is -0.714. The first-order valence-corrected chi connectivity index (χ1v) is 5.39. The Morgan fingerprint density at radius 2 is 1.72 bits per heavy atom. The van der Waals surface area contributed by atoms with Gasteiger partial charge in [-0.3, -0.25) is 9.69 Å². The van der Waals surface area contributed by atoms with Crippen LogP contribution in [0, 0.1) is 0 Å². The van der Waals surface area contributed by atoms with E-state index in [2.05, 4.69) is 10.1 Å². The van der Waals surface area contributed by atoms with Crippen LogP contribution in [-0.4, -0.2) is 55.7 Å². The van der Waals surface area contributed by atoms with Crippen LogP contribution in [0.4, 0.5) is 4.79 Å². The first-order chi connectivity index (χ1) is 8.14. The smallest absolute Gasteiger partial charge is 0.411 e. The molecule has 0 aromatic heterocycles. The lowest BCUT2D eigenvalue weighted by Crippen LogP contribution is -2.52. The van der Waals surface area contributed by atoms with Crippen molar-refractivity contribution >= 4 is 18.0 Å². The molecular weight excluding hydrogens is 240 g/mol. The average molecular weight is 260 g/mol. The van der Waals surface area contributed by atoms with E-state index in [1.165, 1.54) is 14.1 Å². The van der Waals surface area contributed by atoms with Gasteiger partial charge in [-0.25, -0.2) is 9.59 Å². The molecule has 0 aromatic rings. The van der Waals surface area contributed by atoms with Crippen LogP contribution in [0.15, 0.2) is 0 Å². The summed E-state index contributed by atoms with van der Waals surface area (Å²) < 4.78 is 9.56. The van der Waals surface area contributed by atoms with Crippen molar-refractivity contribution in [3.63, 3.8) is 0 Å². The zero-order valence-electron chi connectivity index (χ0n) is 11.6. The number of nitrogens with one attached hydrogen (secondary N) is 1. The van der Waals surface area contributed by atoms with Gasteiger partial charge in [0.2, 0.25) is 6.04 Å². The highest BCUT2D eigenvalue weighted by atomic mass is 16.6. The maximum atomic E-state index is 11.8. The normalized spacial score (nSPS) is 12.3. The average Bonchev–Trinajstić information content (AvgIpc) is 2.26. The molecule has 0 aromatic carbocycles. The topological polar surface area (TPSA) is 84.9 Å². The van der Waals surface area contributed by atoms with Gasteiger partial charge in [-0.2, -0.15) is 0 Å². The molecule has 0 radical (unpaired) electrons. The molecule has 0 aliphatic rings. The number of carbonyl (C=O) groups is 3. The fraction of sp³-hybridized carbons (Fsp3) is 0.727. The van der Waals surface area contributed by atoms with Gasteiger partial charge in [-0.15, -0.1) is 0 Å². The molecule has 0 fully saturated rings. The second-order valence-corrected chi connectivity index (χ2v) is 4.63. The molecule has 0 spiro atoms. The molecular formula is C11H20N2O5. The van der Waals surface area contributed by atoms with E-state index in [0.717, 1.165) is 12.0 Å². The molecule has 7 nitrogen and oxygen atoms in total. The monoisotopic (exact) mass is 260 g/mol. The van der Waals surface area contributed by atoms with Crippen LogP contribution in [0.2, 0.25) is 0 Å². The Kier molecular flexibility index (Phi) is 5.61. The van der Waals surface area contributed by atoms with E-state index in [0.29, 0.717) is 0 Å². The Hall–Kier alpha value is -1.79. The lowest BCUT2D eigenvalue weighted by molar-refractivity contribution is -0.150. The first kappa shape index (κ1) is 16.2. The Morgan fingerprint density at radius 1 is 1.22 bits per heavy atom. The van der Waals surface area contributed by atoms with E-state index < -0.39 is 29.6 Å². The molecule has 0 saturated heterocycles. The lowest BCUT2D eigenvalue weighted by atomic mass is 10.2. The van der Waals surface area contributed by atoms with Crippen LogP contribution in [0.3, 0.4) is 0 Å². The summed E-state index contributed by atoms with van der Waals surface area (Å²) in [6.07, 6.45) is -0.776. The molecule has 1 atom stereocenters. The molecule has 0 aliphatic heterocycles. The third-order valence-corrected chi connectivity index (χ3v) is 1.99. The standard InChI is InChI=1S/C11H20N2O5/c1-11(2,3)18-10(16)13(5)7(8(14)12-4)9(15)17-6/h7H,1-6H3,(H,12,14)/t7-/m1/s1. The minimum atomic E-state index is -1.37. The molecule has 7 heteroatoms. The van der Waals surface area contributed by atoms with Gasteiger partial charge in [0.15, 0.2) is 0 Å². The van der Waals surface area contributed by atoms with Gasteiger partial charge in [0.25, 0.3) is 5.91 Å². The van der Waals surface area contributed by atoms with E-state index in [1.54, 1.807) is 20.8 Å². The molecule has 0 bridgehead atoms. The van der Waals surface area contributed by atoms with Crippen molar-refractivity contribution in [3.8, 4) is 0 Å². The SMILES string of the molecule is CNC(=O)[C@H](C(=O)OC)N(C)C(=O)OC(C)(C)C. The van der Waals surface area contributed by atoms with Crippen LogP contribution >= 0.6 is 0 Å². The number of likely N-dealkylation sites (N-methyl/N-ethyl adjacent to an activating group) is 2. The highest BCUT2D eigenvalue weighted by Gasteiger charge is 2.36. The van der Waals surface area contributed by atoms with Gasteiger partial charge < -0.3 is 14.8 Å². The zero-order valence-corrected chi connectivity index (χ0v) is 11.6. The lowest BCUT2D eigenvalue weighted by Gasteiger charge is -2.28. The number of rotatable bonds is 3. The maximum absolute atomic E-state index is 11.8. The largest absolute Gasteiger partial charge is 0.467 e. The van der Waals surface area contributed by atoms with Crippen molar-refractivity contribution in [3.05, 3.63) is 0 Å². The molecule has 0 rings (SSSR count). The van der Waals surface area contributed by atoms with Crippen molar-refractivity contribution in [2.45, 2.75) is 32.4 Å². The zero-order chi connectivity index (χ0) is 14.5. The van der Waals surface area contributed by atoms with Gasteiger partial charge in [-0.05, 0) is 20.8 Å². The summed E-state index contributed by atoms with van der Waals surface area (Å²) in [5.74, 6) is -1.47. The van der Waals surface area contributed by atoms with Gasteiger partial charge in [0.05, 0.1) is 7.11 Å². The molecule has 0 heterocycles. The third-order valence-electron chi connectivity index (χ3n) is 1.99. The number of ether oxygens (including phenoxy) is 2. The minimum absolute atomic E-state index is 0.643. The number of methoxy groups -OCH3 is 1. The summed E-state index contributed by atoms with van der Waals surface area (Å²) in [5, 5.41) is 2.29. The number of hydrogen-bond acceptors (Lipinski definition) is 5. The van der Waals surface area contributed by atoms with Crippen molar-refractivity contribution in [2.75, 3.05) is 21.2 Å². The van der Waals surface area contributed by atoms with Crippen LogP contribution in [0.5, 0.6) is 0 Å². The Morgan fingerprint density at radius 3 is 2.06 bits per heavy atom. The minimum Gasteiger partial charge on any atom is -0.467 e. The van der Waals surface area contributed by atoms with Crippen LogP contribution in [-0.2, 0) is 19.1 Å². The summed E-state index contributed by atoms with van der Waals surface area (Å²) in [7, 11) is 3.80. The van der Waals surface area contributed by atoms with E-state index >= 15 is 0 Å². The van der Waals surface area contributed by atoms with Gasteiger partial charge >= 0.3 is 12.1 Å². The second kappa shape index (κ2) is 6.23. The molecule has 0 aliphatic carbocycles. The van der Waals surface area contributed by atoms with Crippen LogP contribution in [0.25, 0.3) is 0 Å². The molecule has 1 N–H and O–H groups in total. The first-order valence-electron chi connectivity index (χ1n) is 5.39. The van der Waals surface area contributed by atoms with Gasteiger partial charge in [0.1, 0.15) is 5.60 Å². The van der Waals surface area contributed by atoms with E-state index in [1.807, 2.05) is 0 Å². The predicted molar refractivity (Wildman–Crippen MR) is 63.9 cm³/mol. The van der Waals surface area contributed by atoms with E-state index in [4.69, 9.17) is 4.74 Å². The maximum Gasteiger partial charge on any atom is 0.411 e.